The number of carbonyl (C=O) groups is 1. The number of hydrogen-bond acceptors (Lipinski definition) is 2. The average Bonchev–Trinajstić information content (AvgIpc) is 2.52. The maximum Gasteiger partial charge on any atom is 0.305 e. The molecule has 0 aliphatic rings. The van der Waals surface area contributed by atoms with Gasteiger partial charge in [-0.25, -0.2) is 4.39 Å². The van der Waals surface area contributed by atoms with Crippen molar-refractivity contribution in [3.8, 4) is 0 Å². The van der Waals surface area contributed by atoms with Crippen LogP contribution in [0.4, 0.5) is 4.39 Å². The van der Waals surface area contributed by atoms with E-state index in [2.05, 4.69) is 0 Å². The van der Waals surface area contributed by atoms with Crippen molar-refractivity contribution in [2.45, 2.75) is 39.7 Å². The summed E-state index contributed by atoms with van der Waals surface area (Å²) in [5.74, 6) is -0.487. The molecule has 0 aliphatic carbocycles. The maximum absolute atomic E-state index is 13.5. The lowest BCUT2D eigenvalue weighted by atomic mass is 10.1. The second-order valence-corrected chi connectivity index (χ2v) is 5.11. The highest BCUT2D eigenvalue weighted by Crippen LogP contribution is 2.13. The molecule has 1 unspecified atom stereocenters. The monoisotopic (exact) mass is 302 g/mol. The Hall–Kier alpha value is -2.16. The van der Waals surface area contributed by atoms with E-state index < -0.39 is 0 Å². The topological polar surface area (TPSA) is 26.3 Å². The van der Waals surface area contributed by atoms with E-state index in [1.165, 1.54) is 6.07 Å². The van der Waals surface area contributed by atoms with Gasteiger partial charge in [0.15, 0.2) is 0 Å². The Bertz CT molecular complexity index is 540. The van der Waals surface area contributed by atoms with Gasteiger partial charge in [-0.2, -0.15) is 0 Å². The standard InChI is InChI=1S/C13H17FO2.C6H6/c1-4-13(15)16-10(3)8-11-6-5-9(2)7-12(11)14;1-2-4-6-5-3-1/h5-7,10H,4,8H2,1-3H3;1-6H. The fourth-order valence-electron chi connectivity index (χ4n) is 1.86. The molecule has 0 N–H and O–H groups in total. The zero-order chi connectivity index (χ0) is 16.4. The number of esters is 1. The molecule has 1 atom stereocenters. The number of aryl methyl sites for hydroxylation is 1. The molecular weight excluding hydrogens is 279 g/mol. The van der Waals surface area contributed by atoms with Crippen LogP contribution in [0.25, 0.3) is 0 Å². The van der Waals surface area contributed by atoms with Crippen LogP contribution < -0.4 is 0 Å². The Morgan fingerprint density at radius 2 is 1.68 bits per heavy atom. The third-order valence-electron chi connectivity index (χ3n) is 3.00. The van der Waals surface area contributed by atoms with Crippen LogP contribution in [0, 0.1) is 12.7 Å². The molecule has 2 rings (SSSR count). The van der Waals surface area contributed by atoms with Gasteiger partial charge in [-0.1, -0.05) is 55.5 Å². The molecule has 0 saturated heterocycles. The quantitative estimate of drug-likeness (QED) is 0.765. The third-order valence-corrected chi connectivity index (χ3v) is 3.00. The van der Waals surface area contributed by atoms with E-state index in [-0.39, 0.29) is 17.9 Å². The Labute approximate surface area is 131 Å². The van der Waals surface area contributed by atoms with Gasteiger partial charge in [-0.15, -0.1) is 0 Å². The number of carbonyl (C=O) groups excluding carboxylic acids is 1. The van der Waals surface area contributed by atoms with Crippen LogP contribution in [0.3, 0.4) is 0 Å². The number of halogens is 1. The molecule has 22 heavy (non-hydrogen) atoms. The van der Waals surface area contributed by atoms with Crippen LogP contribution in [-0.4, -0.2) is 12.1 Å². The fourth-order valence-corrected chi connectivity index (χ4v) is 1.86. The predicted octanol–water partition coefficient (Wildman–Crippen LogP) is 4.70. The van der Waals surface area contributed by atoms with Crippen molar-refractivity contribution in [3.05, 3.63) is 71.5 Å². The summed E-state index contributed by atoms with van der Waals surface area (Å²) in [6.45, 7) is 5.35. The van der Waals surface area contributed by atoms with Gasteiger partial charge < -0.3 is 4.74 Å². The minimum absolute atomic E-state index is 0.237. The van der Waals surface area contributed by atoms with Gasteiger partial charge in [0.2, 0.25) is 0 Å². The summed E-state index contributed by atoms with van der Waals surface area (Å²) in [6.07, 6.45) is 0.475. The van der Waals surface area contributed by atoms with E-state index in [1.807, 2.05) is 49.4 Å². The lowest BCUT2D eigenvalue weighted by Gasteiger charge is -2.13. The van der Waals surface area contributed by atoms with Crippen LogP contribution in [0.2, 0.25) is 0 Å². The summed E-state index contributed by atoms with van der Waals surface area (Å²) < 4.78 is 18.6. The SMILES string of the molecule is CCC(=O)OC(C)Cc1ccc(C)cc1F.c1ccccc1. The molecule has 0 amide bonds. The first kappa shape index (κ1) is 17.9. The summed E-state index contributed by atoms with van der Waals surface area (Å²) in [6, 6.07) is 17.1. The van der Waals surface area contributed by atoms with Gasteiger partial charge in [0.1, 0.15) is 11.9 Å². The summed E-state index contributed by atoms with van der Waals surface area (Å²) in [7, 11) is 0. The normalized spacial score (nSPS) is 11.1. The molecule has 0 heterocycles. The van der Waals surface area contributed by atoms with Crippen LogP contribution in [-0.2, 0) is 16.0 Å². The Balaban J connectivity index is 0.000000335. The maximum atomic E-state index is 13.5. The molecular formula is C19H23FO2. The number of benzene rings is 2. The molecule has 0 radical (unpaired) electrons. The first-order valence-corrected chi connectivity index (χ1v) is 7.47. The molecule has 2 aromatic rings. The van der Waals surface area contributed by atoms with Gasteiger partial charge >= 0.3 is 5.97 Å². The van der Waals surface area contributed by atoms with Crippen molar-refractivity contribution < 1.29 is 13.9 Å². The highest BCUT2D eigenvalue weighted by molar-refractivity contribution is 5.69. The Kier molecular flexibility index (Phi) is 7.90. The summed E-state index contributed by atoms with van der Waals surface area (Å²) >= 11 is 0. The Morgan fingerprint density at radius 3 is 2.14 bits per heavy atom. The zero-order valence-corrected chi connectivity index (χ0v) is 13.4. The van der Waals surface area contributed by atoms with Crippen molar-refractivity contribution in [3.63, 3.8) is 0 Å². The molecule has 0 fully saturated rings. The fraction of sp³-hybridized carbons (Fsp3) is 0.316. The van der Waals surface area contributed by atoms with Crippen LogP contribution in [0.1, 0.15) is 31.4 Å². The van der Waals surface area contributed by atoms with Crippen LogP contribution in [0.15, 0.2) is 54.6 Å². The molecule has 0 aromatic heterocycles. The second kappa shape index (κ2) is 9.72. The largest absolute Gasteiger partial charge is 0.462 e. The Morgan fingerprint density at radius 1 is 1.14 bits per heavy atom. The molecule has 0 bridgehead atoms. The van der Waals surface area contributed by atoms with Crippen molar-refractivity contribution >= 4 is 5.97 Å². The van der Waals surface area contributed by atoms with Crippen molar-refractivity contribution in [2.24, 2.45) is 0 Å². The first-order chi connectivity index (χ1) is 10.5. The summed E-state index contributed by atoms with van der Waals surface area (Å²) in [4.78, 5) is 11.0. The number of hydrogen-bond donors (Lipinski definition) is 0. The smallest absolute Gasteiger partial charge is 0.305 e. The van der Waals surface area contributed by atoms with E-state index in [9.17, 15) is 9.18 Å². The highest BCUT2D eigenvalue weighted by Gasteiger charge is 2.11. The van der Waals surface area contributed by atoms with E-state index in [4.69, 9.17) is 4.74 Å². The van der Waals surface area contributed by atoms with Gasteiger partial charge in [0.05, 0.1) is 0 Å². The van der Waals surface area contributed by atoms with E-state index in [0.717, 1.165) is 5.56 Å². The summed E-state index contributed by atoms with van der Waals surface area (Å²) in [5, 5.41) is 0. The molecule has 118 valence electrons. The van der Waals surface area contributed by atoms with E-state index in [0.29, 0.717) is 18.4 Å². The molecule has 0 saturated carbocycles. The van der Waals surface area contributed by atoms with Gasteiger partial charge in [-0.05, 0) is 31.0 Å². The zero-order valence-electron chi connectivity index (χ0n) is 13.4. The van der Waals surface area contributed by atoms with Crippen molar-refractivity contribution in [1.82, 2.24) is 0 Å². The average molecular weight is 302 g/mol. The number of rotatable bonds is 4. The van der Waals surface area contributed by atoms with Gasteiger partial charge in [0.25, 0.3) is 0 Å². The van der Waals surface area contributed by atoms with E-state index >= 15 is 0 Å². The van der Waals surface area contributed by atoms with Crippen LogP contribution in [0.5, 0.6) is 0 Å². The van der Waals surface area contributed by atoms with E-state index in [1.54, 1.807) is 19.9 Å². The third kappa shape index (κ3) is 7.02. The lowest BCUT2D eigenvalue weighted by Crippen LogP contribution is -2.17. The predicted molar refractivity (Wildman–Crippen MR) is 87.1 cm³/mol. The molecule has 0 aliphatic heterocycles. The molecule has 2 nitrogen and oxygen atoms in total. The minimum Gasteiger partial charge on any atom is -0.462 e. The molecule has 3 heteroatoms. The molecule has 0 spiro atoms. The number of ether oxygens (including phenoxy) is 1. The lowest BCUT2D eigenvalue weighted by molar-refractivity contribution is -0.147. The minimum atomic E-state index is -0.287. The van der Waals surface area contributed by atoms with Crippen molar-refractivity contribution in [2.75, 3.05) is 0 Å². The highest BCUT2D eigenvalue weighted by atomic mass is 19.1. The first-order valence-electron chi connectivity index (χ1n) is 7.47. The molecule has 2 aromatic carbocycles. The van der Waals surface area contributed by atoms with Gasteiger partial charge in [0, 0.05) is 12.8 Å². The summed E-state index contributed by atoms with van der Waals surface area (Å²) in [5.41, 5.74) is 1.47. The van der Waals surface area contributed by atoms with Crippen molar-refractivity contribution in [1.29, 1.82) is 0 Å². The van der Waals surface area contributed by atoms with Gasteiger partial charge in [-0.3, -0.25) is 4.79 Å². The van der Waals surface area contributed by atoms with Crippen LogP contribution >= 0.6 is 0 Å². The second-order valence-electron chi connectivity index (χ2n) is 5.11.